The minimum absolute atomic E-state index is 0. The van der Waals surface area contributed by atoms with Crippen molar-refractivity contribution < 1.29 is 16.8 Å². The molecule has 0 aromatic heterocycles. The minimum Gasteiger partial charge on any atom is -0.369 e. The summed E-state index contributed by atoms with van der Waals surface area (Å²) in [5, 5.41) is 3.28. The first-order valence-corrected chi connectivity index (χ1v) is 12.6. The van der Waals surface area contributed by atoms with Crippen molar-refractivity contribution in [2.75, 3.05) is 45.2 Å². The van der Waals surface area contributed by atoms with Gasteiger partial charge in [0.25, 0.3) is 0 Å². The first-order chi connectivity index (χ1) is 13.7. The fraction of sp³-hybridized carbons (Fsp3) is 0.400. The predicted molar refractivity (Wildman–Crippen MR) is 132 cm³/mol. The van der Waals surface area contributed by atoms with Gasteiger partial charge in [-0.25, -0.2) is 26.3 Å². The summed E-state index contributed by atoms with van der Waals surface area (Å²) in [5.74, 6) is 0. The SMILES string of the molecule is C.C.CNS(=O)(=O)c1ccc(Br)cc1.CNS(=O)(=O)c1ccc(N2CCNCC2)cc1. The van der Waals surface area contributed by atoms with E-state index in [4.69, 9.17) is 0 Å². The van der Waals surface area contributed by atoms with Gasteiger partial charge in [-0.15, -0.1) is 0 Å². The maximum absolute atomic E-state index is 11.6. The molecule has 0 atom stereocenters. The van der Waals surface area contributed by atoms with Crippen molar-refractivity contribution in [3.05, 3.63) is 53.0 Å². The fourth-order valence-electron chi connectivity index (χ4n) is 2.61. The van der Waals surface area contributed by atoms with Gasteiger partial charge < -0.3 is 10.2 Å². The third kappa shape index (κ3) is 8.51. The molecule has 1 heterocycles. The normalized spacial score (nSPS) is 13.8. The molecule has 1 saturated heterocycles. The van der Waals surface area contributed by atoms with Crippen LogP contribution in [0.15, 0.2) is 62.8 Å². The largest absolute Gasteiger partial charge is 0.369 e. The molecule has 0 radical (unpaired) electrons. The Hall–Kier alpha value is -1.50. The second kappa shape index (κ2) is 13.1. The molecule has 0 bridgehead atoms. The van der Waals surface area contributed by atoms with E-state index < -0.39 is 20.0 Å². The standard InChI is InChI=1S/C11H17N3O2S.C7H8BrNO2S.2CH4/c1-12-17(15,16)11-4-2-10(3-5-11)14-8-6-13-7-9-14;1-9-12(10,11)7-4-2-6(8)3-5-7;;/h2-5,12-13H,6-9H2,1H3;2-5,9H,1H3;2*1H4. The molecular formula is C20H33BrN4O4S2. The van der Waals surface area contributed by atoms with Crippen LogP contribution in [-0.4, -0.2) is 57.1 Å². The average molecular weight is 538 g/mol. The number of rotatable bonds is 5. The van der Waals surface area contributed by atoms with E-state index in [1.165, 1.54) is 26.2 Å². The van der Waals surface area contributed by atoms with Crippen LogP contribution >= 0.6 is 15.9 Å². The van der Waals surface area contributed by atoms with E-state index >= 15 is 0 Å². The molecule has 0 spiro atoms. The number of nitrogens with one attached hydrogen (secondary N) is 3. The first-order valence-electron chi connectivity index (χ1n) is 8.88. The number of halogens is 1. The molecule has 0 saturated carbocycles. The number of hydrogen-bond donors (Lipinski definition) is 3. The van der Waals surface area contributed by atoms with Crippen molar-refractivity contribution in [1.29, 1.82) is 0 Å². The monoisotopic (exact) mass is 536 g/mol. The van der Waals surface area contributed by atoms with Gasteiger partial charge in [0, 0.05) is 36.3 Å². The summed E-state index contributed by atoms with van der Waals surface area (Å²) in [6, 6.07) is 13.4. The van der Waals surface area contributed by atoms with Gasteiger partial charge in [-0.1, -0.05) is 30.8 Å². The molecule has 11 heteroatoms. The molecule has 1 aliphatic rings. The molecule has 31 heavy (non-hydrogen) atoms. The lowest BCUT2D eigenvalue weighted by Crippen LogP contribution is -2.43. The lowest BCUT2D eigenvalue weighted by molar-refractivity contribution is 0.585. The Morgan fingerprint density at radius 1 is 0.774 bits per heavy atom. The molecule has 0 aliphatic carbocycles. The molecule has 2 aromatic rings. The van der Waals surface area contributed by atoms with E-state index in [0.29, 0.717) is 4.90 Å². The number of piperazine rings is 1. The Bertz CT molecular complexity index is 990. The fourth-order valence-corrected chi connectivity index (χ4v) is 4.33. The molecule has 1 aliphatic heterocycles. The zero-order chi connectivity index (χ0) is 21.5. The number of benzene rings is 2. The zero-order valence-electron chi connectivity index (χ0n) is 16.2. The quantitative estimate of drug-likeness (QED) is 0.542. The Morgan fingerprint density at radius 2 is 1.16 bits per heavy atom. The maximum Gasteiger partial charge on any atom is 0.240 e. The van der Waals surface area contributed by atoms with Crippen LogP contribution < -0.4 is 19.7 Å². The Kier molecular flexibility index (Phi) is 12.5. The van der Waals surface area contributed by atoms with Gasteiger partial charge >= 0.3 is 0 Å². The average Bonchev–Trinajstić information content (AvgIpc) is 2.75. The summed E-state index contributed by atoms with van der Waals surface area (Å²) in [6.45, 7) is 3.85. The summed E-state index contributed by atoms with van der Waals surface area (Å²) in [5.41, 5.74) is 1.07. The van der Waals surface area contributed by atoms with Crippen LogP contribution in [-0.2, 0) is 20.0 Å². The Morgan fingerprint density at radius 3 is 1.55 bits per heavy atom. The van der Waals surface area contributed by atoms with Crippen molar-refractivity contribution in [2.45, 2.75) is 24.6 Å². The van der Waals surface area contributed by atoms with Crippen LogP contribution in [0, 0.1) is 0 Å². The predicted octanol–water partition coefficient (Wildman–Crippen LogP) is 2.63. The van der Waals surface area contributed by atoms with Gasteiger partial charge in [0.15, 0.2) is 0 Å². The van der Waals surface area contributed by atoms with Crippen molar-refractivity contribution in [2.24, 2.45) is 0 Å². The van der Waals surface area contributed by atoms with Gasteiger partial charge in [0.2, 0.25) is 20.0 Å². The van der Waals surface area contributed by atoms with Gasteiger partial charge in [-0.2, -0.15) is 0 Å². The van der Waals surface area contributed by atoms with Crippen LogP contribution in [0.5, 0.6) is 0 Å². The molecule has 3 N–H and O–H groups in total. The number of nitrogens with zero attached hydrogens (tertiary/aromatic N) is 1. The van der Waals surface area contributed by atoms with Crippen LogP contribution in [0.1, 0.15) is 14.9 Å². The van der Waals surface area contributed by atoms with Gasteiger partial charge in [0.1, 0.15) is 0 Å². The van der Waals surface area contributed by atoms with E-state index in [-0.39, 0.29) is 19.7 Å². The second-order valence-corrected chi connectivity index (χ2v) is 10.8. The van der Waals surface area contributed by atoms with Crippen molar-refractivity contribution in [3.8, 4) is 0 Å². The van der Waals surface area contributed by atoms with Crippen LogP contribution in [0.2, 0.25) is 0 Å². The first kappa shape index (κ1) is 29.5. The zero-order valence-corrected chi connectivity index (χ0v) is 19.4. The summed E-state index contributed by atoms with van der Waals surface area (Å²) in [4.78, 5) is 2.82. The summed E-state index contributed by atoms with van der Waals surface area (Å²) < 4.78 is 50.9. The summed E-state index contributed by atoms with van der Waals surface area (Å²) >= 11 is 3.22. The molecule has 176 valence electrons. The van der Waals surface area contributed by atoms with E-state index in [2.05, 4.69) is 35.6 Å². The topological polar surface area (TPSA) is 108 Å². The van der Waals surface area contributed by atoms with Gasteiger partial charge in [-0.05, 0) is 62.6 Å². The molecule has 3 rings (SSSR count). The van der Waals surface area contributed by atoms with Crippen LogP contribution in [0.25, 0.3) is 0 Å². The lowest BCUT2D eigenvalue weighted by atomic mass is 10.2. The van der Waals surface area contributed by atoms with Gasteiger partial charge in [0.05, 0.1) is 9.79 Å². The molecule has 1 fully saturated rings. The van der Waals surface area contributed by atoms with Crippen molar-refractivity contribution in [1.82, 2.24) is 14.8 Å². The molecule has 2 aromatic carbocycles. The highest BCUT2D eigenvalue weighted by atomic mass is 79.9. The van der Waals surface area contributed by atoms with Crippen molar-refractivity contribution in [3.63, 3.8) is 0 Å². The summed E-state index contributed by atoms with van der Waals surface area (Å²) in [6.07, 6.45) is 0. The van der Waals surface area contributed by atoms with E-state index in [9.17, 15) is 16.8 Å². The lowest BCUT2D eigenvalue weighted by Gasteiger charge is -2.29. The molecule has 0 unspecified atom stereocenters. The van der Waals surface area contributed by atoms with E-state index in [0.717, 1.165) is 36.3 Å². The van der Waals surface area contributed by atoms with Crippen LogP contribution in [0.3, 0.4) is 0 Å². The van der Waals surface area contributed by atoms with Crippen LogP contribution in [0.4, 0.5) is 5.69 Å². The highest BCUT2D eigenvalue weighted by molar-refractivity contribution is 9.10. The number of hydrogen-bond acceptors (Lipinski definition) is 6. The van der Waals surface area contributed by atoms with Gasteiger partial charge in [-0.3, -0.25) is 0 Å². The minimum atomic E-state index is -3.33. The second-order valence-electron chi connectivity index (χ2n) is 6.10. The maximum atomic E-state index is 11.6. The smallest absolute Gasteiger partial charge is 0.240 e. The Balaban J connectivity index is 0.000000575. The number of sulfonamides is 2. The van der Waals surface area contributed by atoms with E-state index in [1.54, 1.807) is 24.3 Å². The Labute approximate surface area is 195 Å². The molecule has 0 amide bonds. The highest BCUT2D eigenvalue weighted by Crippen LogP contribution is 2.18. The molecular weight excluding hydrogens is 504 g/mol. The number of anilines is 1. The van der Waals surface area contributed by atoms with E-state index in [1.807, 2.05) is 12.1 Å². The summed E-state index contributed by atoms with van der Waals surface area (Å²) in [7, 11) is -3.81. The third-order valence-corrected chi connectivity index (χ3v) is 7.68. The highest BCUT2D eigenvalue weighted by Gasteiger charge is 2.14. The third-order valence-electron chi connectivity index (χ3n) is 4.29. The molecule has 8 nitrogen and oxygen atoms in total. The van der Waals surface area contributed by atoms with Crippen molar-refractivity contribution >= 4 is 41.7 Å².